The van der Waals surface area contributed by atoms with Crippen LogP contribution in [-0.4, -0.2) is 34.7 Å². The molecule has 1 fully saturated rings. The maximum Gasteiger partial charge on any atom is 0.266 e. The number of benzene rings is 2. The quantitative estimate of drug-likeness (QED) is 0.611. The monoisotopic (exact) mass is 402 g/mol. The molecular weight excluding hydrogens is 387 g/mol. The van der Waals surface area contributed by atoms with Crippen molar-refractivity contribution >= 4 is 51.9 Å². The Labute approximate surface area is 165 Å². The van der Waals surface area contributed by atoms with Gasteiger partial charge in [-0.1, -0.05) is 36.1 Å². The van der Waals surface area contributed by atoms with Crippen LogP contribution in [0, 0.1) is 5.82 Å². The van der Waals surface area contributed by atoms with Gasteiger partial charge in [0, 0.05) is 5.69 Å². The average molecular weight is 402 g/mol. The van der Waals surface area contributed by atoms with Gasteiger partial charge in [-0.25, -0.2) is 4.39 Å². The summed E-state index contributed by atoms with van der Waals surface area (Å²) in [5.41, 5.74) is 1.27. The highest BCUT2D eigenvalue weighted by molar-refractivity contribution is 8.26. The maximum absolute atomic E-state index is 12.9. The Morgan fingerprint density at radius 2 is 1.89 bits per heavy atom. The standard InChI is InChI=1S/C19H15FN2O3S2/c1-25-15-8-2-12(3-9-15)10-16-18(24)22(19(26)27-16)11-17(23)21-14-6-4-13(20)5-7-14/h2-10H,11H2,1H3,(H,21,23)/b16-10-. The zero-order chi connectivity index (χ0) is 19.4. The average Bonchev–Trinajstić information content (AvgIpc) is 2.91. The molecule has 0 bridgehead atoms. The summed E-state index contributed by atoms with van der Waals surface area (Å²) in [6.07, 6.45) is 1.72. The fraction of sp³-hybridized carbons (Fsp3) is 0.105. The van der Waals surface area contributed by atoms with Crippen LogP contribution in [0.15, 0.2) is 53.4 Å². The largest absolute Gasteiger partial charge is 0.497 e. The highest BCUT2D eigenvalue weighted by Crippen LogP contribution is 2.32. The van der Waals surface area contributed by atoms with Gasteiger partial charge >= 0.3 is 0 Å². The predicted molar refractivity (Wildman–Crippen MR) is 108 cm³/mol. The molecule has 2 aromatic rings. The number of nitrogens with one attached hydrogen (secondary N) is 1. The van der Waals surface area contributed by atoms with E-state index in [2.05, 4.69) is 5.32 Å². The summed E-state index contributed by atoms with van der Waals surface area (Å²) in [5.74, 6) is -0.413. The predicted octanol–water partition coefficient (Wildman–Crippen LogP) is 3.67. The van der Waals surface area contributed by atoms with Crippen LogP contribution < -0.4 is 10.1 Å². The summed E-state index contributed by atoms with van der Waals surface area (Å²) >= 11 is 6.37. The molecule has 1 heterocycles. The first-order chi connectivity index (χ1) is 13.0. The number of methoxy groups -OCH3 is 1. The molecule has 8 heteroatoms. The van der Waals surface area contributed by atoms with Gasteiger partial charge in [0.15, 0.2) is 0 Å². The molecule has 0 saturated carbocycles. The fourth-order valence-corrected chi connectivity index (χ4v) is 3.62. The van der Waals surface area contributed by atoms with Crippen LogP contribution in [0.5, 0.6) is 5.75 Å². The molecule has 1 saturated heterocycles. The minimum Gasteiger partial charge on any atom is -0.497 e. The Morgan fingerprint density at radius 1 is 1.22 bits per heavy atom. The first-order valence-electron chi connectivity index (χ1n) is 7.91. The fourth-order valence-electron chi connectivity index (χ4n) is 2.37. The summed E-state index contributed by atoms with van der Waals surface area (Å²) < 4.78 is 18.3. The molecule has 5 nitrogen and oxygen atoms in total. The molecule has 0 unspecified atom stereocenters. The summed E-state index contributed by atoms with van der Waals surface area (Å²) in [6.45, 7) is -0.206. The van der Waals surface area contributed by atoms with Crippen molar-refractivity contribution in [2.45, 2.75) is 0 Å². The Morgan fingerprint density at radius 3 is 2.52 bits per heavy atom. The highest BCUT2D eigenvalue weighted by atomic mass is 32.2. The van der Waals surface area contributed by atoms with Crippen molar-refractivity contribution in [2.75, 3.05) is 19.0 Å². The Bertz CT molecular complexity index is 912. The van der Waals surface area contributed by atoms with Crippen LogP contribution in [-0.2, 0) is 9.59 Å². The number of anilines is 1. The van der Waals surface area contributed by atoms with E-state index in [-0.39, 0.29) is 12.5 Å². The van der Waals surface area contributed by atoms with E-state index in [4.69, 9.17) is 17.0 Å². The van der Waals surface area contributed by atoms with Crippen LogP contribution in [0.25, 0.3) is 6.08 Å². The first kappa shape index (κ1) is 19.1. The number of thiocarbonyl (C=S) groups is 1. The summed E-state index contributed by atoms with van der Waals surface area (Å²) in [6, 6.07) is 12.6. The summed E-state index contributed by atoms with van der Waals surface area (Å²) in [4.78, 5) is 26.4. The minimum absolute atomic E-state index is 0.206. The van der Waals surface area contributed by atoms with E-state index >= 15 is 0 Å². The molecule has 3 rings (SSSR count). The zero-order valence-corrected chi connectivity index (χ0v) is 15.9. The molecule has 0 atom stereocenters. The lowest BCUT2D eigenvalue weighted by Gasteiger charge is -2.14. The number of carbonyl (C=O) groups is 2. The van der Waals surface area contributed by atoms with E-state index in [1.165, 1.54) is 29.2 Å². The normalized spacial score (nSPS) is 15.3. The van der Waals surface area contributed by atoms with Crippen molar-refractivity contribution < 1.29 is 18.7 Å². The Kier molecular flexibility index (Phi) is 5.88. The van der Waals surface area contributed by atoms with E-state index in [0.29, 0.717) is 14.9 Å². The molecule has 1 aliphatic rings. The van der Waals surface area contributed by atoms with Crippen molar-refractivity contribution in [2.24, 2.45) is 0 Å². The second-order valence-electron chi connectivity index (χ2n) is 5.60. The van der Waals surface area contributed by atoms with Gasteiger partial charge < -0.3 is 10.1 Å². The molecule has 0 aromatic heterocycles. The van der Waals surface area contributed by atoms with E-state index in [0.717, 1.165) is 23.1 Å². The minimum atomic E-state index is -0.413. The lowest BCUT2D eigenvalue weighted by Crippen LogP contribution is -2.36. The number of halogens is 1. The number of thioether (sulfide) groups is 1. The smallest absolute Gasteiger partial charge is 0.266 e. The number of hydrogen-bond donors (Lipinski definition) is 1. The third-order valence-corrected chi connectivity index (χ3v) is 5.09. The zero-order valence-electron chi connectivity index (χ0n) is 14.3. The van der Waals surface area contributed by atoms with Gasteiger partial charge in [0.25, 0.3) is 5.91 Å². The van der Waals surface area contributed by atoms with Crippen molar-refractivity contribution in [3.8, 4) is 5.75 Å². The molecule has 0 radical (unpaired) electrons. The van der Waals surface area contributed by atoms with Gasteiger partial charge in [0.05, 0.1) is 12.0 Å². The van der Waals surface area contributed by atoms with Crippen LogP contribution in [0.1, 0.15) is 5.56 Å². The number of nitrogens with zero attached hydrogens (tertiary/aromatic N) is 1. The lowest BCUT2D eigenvalue weighted by atomic mass is 10.2. The van der Waals surface area contributed by atoms with Gasteiger partial charge in [0.1, 0.15) is 22.4 Å². The molecule has 0 aliphatic carbocycles. The molecule has 2 aromatic carbocycles. The van der Waals surface area contributed by atoms with Crippen molar-refractivity contribution in [3.05, 3.63) is 64.8 Å². The molecule has 2 amide bonds. The number of amides is 2. The van der Waals surface area contributed by atoms with E-state index < -0.39 is 11.7 Å². The van der Waals surface area contributed by atoms with Crippen LogP contribution >= 0.6 is 24.0 Å². The second kappa shape index (κ2) is 8.32. The third kappa shape index (κ3) is 4.72. The number of ether oxygens (including phenoxy) is 1. The van der Waals surface area contributed by atoms with Crippen LogP contribution in [0.2, 0.25) is 0 Å². The van der Waals surface area contributed by atoms with Crippen LogP contribution in [0.4, 0.5) is 10.1 Å². The number of hydrogen-bond acceptors (Lipinski definition) is 5. The molecule has 138 valence electrons. The molecule has 27 heavy (non-hydrogen) atoms. The topological polar surface area (TPSA) is 58.6 Å². The third-order valence-electron chi connectivity index (χ3n) is 3.72. The van der Waals surface area contributed by atoms with Gasteiger partial charge in [0.2, 0.25) is 5.91 Å². The Hall–Kier alpha value is -2.71. The van der Waals surface area contributed by atoms with Gasteiger partial charge in [-0.15, -0.1) is 0 Å². The maximum atomic E-state index is 12.9. The second-order valence-corrected chi connectivity index (χ2v) is 7.27. The number of rotatable bonds is 5. The molecule has 1 aliphatic heterocycles. The summed E-state index contributed by atoms with van der Waals surface area (Å²) in [7, 11) is 1.58. The highest BCUT2D eigenvalue weighted by Gasteiger charge is 2.33. The SMILES string of the molecule is COc1ccc(/C=C2\SC(=S)N(CC(=O)Nc3ccc(F)cc3)C2=O)cc1. The summed E-state index contributed by atoms with van der Waals surface area (Å²) in [5, 5.41) is 2.61. The van der Waals surface area contributed by atoms with E-state index in [9.17, 15) is 14.0 Å². The van der Waals surface area contributed by atoms with Gasteiger partial charge in [-0.2, -0.15) is 0 Å². The first-order valence-corrected chi connectivity index (χ1v) is 9.13. The molecule has 1 N–H and O–H groups in total. The lowest BCUT2D eigenvalue weighted by molar-refractivity contribution is -0.126. The molecular formula is C19H15FN2O3S2. The van der Waals surface area contributed by atoms with Gasteiger partial charge in [-0.05, 0) is 48.0 Å². The molecule has 0 spiro atoms. The van der Waals surface area contributed by atoms with E-state index in [1.54, 1.807) is 25.3 Å². The number of carbonyl (C=O) groups excluding carboxylic acids is 2. The van der Waals surface area contributed by atoms with Crippen molar-refractivity contribution in [1.82, 2.24) is 4.90 Å². The Balaban J connectivity index is 1.67. The van der Waals surface area contributed by atoms with Gasteiger partial charge in [-0.3, -0.25) is 14.5 Å². The van der Waals surface area contributed by atoms with Crippen molar-refractivity contribution in [3.63, 3.8) is 0 Å². The van der Waals surface area contributed by atoms with Crippen LogP contribution in [0.3, 0.4) is 0 Å². The van der Waals surface area contributed by atoms with E-state index in [1.807, 2.05) is 12.1 Å². The van der Waals surface area contributed by atoms with Crippen molar-refractivity contribution in [1.29, 1.82) is 0 Å².